The molecule has 0 aromatic heterocycles. The number of anilines is 2. The molecule has 20 heavy (non-hydrogen) atoms. The Bertz CT molecular complexity index is 575. The number of nitrogens with two attached hydrogens (primary N) is 1. The van der Waals surface area contributed by atoms with Crippen LogP contribution in [0.2, 0.25) is 0 Å². The maximum absolute atomic E-state index is 11.7. The normalized spacial score (nSPS) is 11.3. The van der Waals surface area contributed by atoms with E-state index < -0.39 is 21.5 Å². The molecule has 0 saturated heterocycles. The molecule has 1 rings (SSSR count). The number of halogens is 1. The average Bonchev–Trinajstić information content (AvgIpc) is 2.32. The van der Waals surface area contributed by atoms with Gasteiger partial charge in [0.1, 0.15) is 5.75 Å². The maximum atomic E-state index is 11.7. The van der Waals surface area contributed by atoms with Crippen molar-refractivity contribution in [1.82, 2.24) is 0 Å². The van der Waals surface area contributed by atoms with Gasteiger partial charge in [-0.15, -0.1) is 0 Å². The second-order valence-electron chi connectivity index (χ2n) is 4.23. The number of ether oxygens (including phenoxy) is 1. The molecule has 0 radical (unpaired) electrons. The quantitative estimate of drug-likeness (QED) is 0.563. The van der Waals surface area contributed by atoms with Crippen LogP contribution in [-0.4, -0.2) is 39.5 Å². The van der Waals surface area contributed by atoms with Crippen molar-refractivity contribution in [3.63, 3.8) is 0 Å². The minimum atomic E-state index is -3.43. The highest BCUT2D eigenvalue weighted by Gasteiger charge is 2.17. The minimum absolute atomic E-state index is 0.0723. The highest BCUT2D eigenvalue weighted by atomic mass is 79.9. The van der Waals surface area contributed by atoms with Gasteiger partial charge in [-0.05, 0) is 40.5 Å². The van der Waals surface area contributed by atoms with Crippen LogP contribution in [0.4, 0.5) is 11.4 Å². The topological polar surface area (TPSA) is 98.5 Å². The van der Waals surface area contributed by atoms with Crippen LogP contribution in [0.5, 0.6) is 0 Å². The zero-order valence-corrected chi connectivity index (χ0v) is 13.5. The van der Waals surface area contributed by atoms with Crippen LogP contribution >= 0.6 is 15.9 Å². The van der Waals surface area contributed by atoms with Crippen LogP contribution in [0.15, 0.2) is 22.7 Å². The summed E-state index contributed by atoms with van der Waals surface area (Å²) in [6.45, 7) is 0.352. The lowest BCUT2D eigenvalue weighted by atomic mass is 10.3. The van der Waals surface area contributed by atoms with E-state index in [9.17, 15) is 13.2 Å². The molecular formula is C12H17BrN2O4S. The van der Waals surface area contributed by atoms with Crippen molar-refractivity contribution in [2.24, 2.45) is 0 Å². The van der Waals surface area contributed by atoms with Gasteiger partial charge < -0.3 is 15.8 Å². The Balaban J connectivity index is 2.59. The zero-order chi connectivity index (χ0) is 15.2. The van der Waals surface area contributed by atoms with Crippen molar-refractivity contribution in [2.45, 2.75) is 6.42 Å². The minimum Gasteiger partial charge on any atom is -0.399 e. The molecule has 0 atom stereocenters. The zero-order valence-electron chi connectivity index (χ0n) is 11.1. The Morgan fingerprint density at radius 2 is 2.15 bits per heavy atom. The lowest BCUT2D eigenvalue weighted by molar-refractivity contribution is -0.113. The monoisotopic (exact) mass is 364 g/mol. The van der Waals surface area contributed by atoms with Gasteiger partial charge in [-0.2, -0.15) is 0 Å². The van der Waals surface area contributed by atoms with Crippen LogP contribution < -0.4 is 11.1 Å². The first-order valence-electron chi connectivity index (χ1n) is 5.88. The molecule has 0 saturated carbocycles. The summed E-state index contributed by atoms with van der Waals surface area (Å²) >= 11 is 3.25. The summed E-state index contributed by atoms with van der Waals surface area (Å²) in [7, 11) is -1.93. The number of amides is 1. The van der Waals surface area contributed by atoms with Crippen molar-refractivity contribution in [3.05, 3.63) is 22.7 Å². The summed E-state index contributed by atoms with van der Waals surface area (Å²) in [6.07, 6.45) is 0.373. The summed E-state index contributed by atoms with van der Waals surface area (Å²) in [5, 5.41) is 2.53. The van der Waals surface area contributed by atoms with Gasteiger partial charge in [0.25, 0.3) is 0 Å². The highest BCUT2D eigenvalue weighted by molar-refractivity contribution is 9.10. The van der Waals surface area contributed by atoms with Crippen molar-refractivity contribution < 1.29 is 17.9 Å². The van der Waals surface area contributed by atoms with Crippen LogP contribution in [-0.2, 0) is 19.4 Å². The lowest BCUT2D eigenvalue weighted by Gasteiger charge is -2.08. The molecule has 0 unspecified atom stereocenters. The Kier molecular flexibility index (Phi) is 6.44. The van der Waals surface area contributed by atoms with Gasteiger partial charge >= 0.3 is 0 Å². The van der Waals surface area contributed by atoms with E-state index in [4.69, 9.17) is 10.5 Å². The van der Waals surface area contributed by atoms with Gasteiger partial charge in [-0.3, -0.25) is 4.79 Å². The number of rotatable bonds is 7. The standard InChI is InChI=1S/C12H17BrN2O4S/c1-19-5-2-6-20(17,18)8-12(16)15-11-4-3-9(14)7-10(11)13/h3-4,7H,2,5-6,8,14H2,1H3,(H,15,16). The molecule has 112 valence electrons. The third kappa shape index (κ3) is 5.89. The Morgan fingerprint density at radius 3 is 2.75 bits per heavy atom. The van der Waals surface area contributed by atoms with Gasteiger partial charge in [0, 0.05) is 23.9 Å². The number of sulfone groups is 1. The maximum Gasteiger partial charge on any atom is 0.239 e. The van der Waals surface area contributed by atoms with Gasteiger partial charge in [0.2, 0.25) is 5.91 Å². The Hall–Kier alpha value is -1.12. The fraction of sp³-hybridized carbons (Fsp3) is 0.417. The molecule has 3 N–H and O–H groups in total. The van der Waals surface area contributed by atoms with Crippen molar-refractivity contribution in [3.8, 4) is 0 Å². The fourth-order valence-electron chi connectivity index (χ4n) is 1.51. The summed E-state index contributed by atoms with van der Waals surface area (Å²) in [4.78, 5) is 11.7. The molecule has 0 heterocycles. The number of methoxy groups -OCH3 is 1. The van der Waals surface area contributed by atoms with Crippen molar-refractivity contribution in [1.29, 1.82) is 0 Å². The Labute approximate surface area is 126 Å². The fourth-order valence-corrected chi connectivity index (χ4v) is 3.18. The van der Waals surface area contributed by atoms with Crippen molar-refractivity contribution >= 4 is 43.0 Å². The predicted molar refractivity (Wildman–Crippen MR) is 82.3 cm³/mol. The second kappa shape index (κ2) is 7.61. The van der Waals surface area contributed by atoms with Gasteiger partial charge in [-0.1, -0.05) is 0 Å². The van der Waals surface area contributed by atoms with E-state index in [2.05, 4.69) is 21.2 Å². The van der Waals surface area contributed by atoms with E-state index in [1.165, 1.54) is 7.11 Å². The van der Waals surface area contributed by atoms with E-state index in [1.54, 1.807) is 18.2 Å². The number of hydrogen-bond acceptors (Lipinski definition) is 5. The third-order valence-electron chi connectivity index (χ3n) is 2.42. The molecule has 0 aliphatic rings. The first-order chi connectivity index (χ1) is 9.34. The van der Waals surface area contributed by atoms with Crippen LogP contribution in [0.3, 0.4) is 0 Å². The molecule has 0 aliphatic heterocycles. The van der Waals surface area contributed by atoms with E-state index >= 15 is 0 Å². The van der Waals surface area contributed by atoms with Gasteiger partial charge in [0.05, 0.1) is 11.4 Å². The van der Waals surface area contributed by atoms with Gasteiger partial charge in [-0.25, -0.2) is 8.42 Å². The third-order valence-corrected chi connectivity index (χ3v) is 4.69. The average molecular weight is 365 g/mol. The van der Waals surface area contributed by atoms with Crippen LogP contribution in [0, 0.1) is 0 Å². The van der Waals surface area contributed by atoms with E-state index in [-0.39, 0.29) is 5.75 Å². The molecule has 0 bridgehead atoms. The predicted octanol–water partition coefficient (Wildman–Crippen LogP) is 1.42. The summed E-state index contributed by atoms with van der Waals surface area (Å²) in [6, 6.07) is 4.85. The van der Waals surface area contributed by atoms with E-state index in [1.807, 2.05) is 0 Å². The summed E-state index contributed by atoms with van der Waals surface area (Å²) < 4.78 is 28.8. The summed E-state index contributed by atoms with van der Waals surface area (Å²) in [5.41, 5.74) is 6.60. The molecule has 0 fully saturated rings. The molecule has 0 aliphatic carbocycles. The first kappa shape index (κ1) is 16.9. The smallest absolute Gasteiger partial charge is 0.239 e. The molecular weight excluding hydrogens is 348 g/mol. The lowest BCUT2D eigenvalue weighted by Crippen LogP contribution is -2.25. The SMILES string of the molecule is COCCCS(=O)(=O)CC(=O)Nc1ccc(N)cc1Br. The molecule has 6 nitrogen and oxygen atoms in total. The molecule has 8 heteroatoms. The highest BCUT2D eigenvalue weighted by Crippen LogP contribution is 2.24. The number of carbonyl (C=O) groups excluding carboxylic acids is 1. The second-order valence-corrected chi connectivity index (χ2v) is 7.26. The molecule has 1 amide bonds. The van der Waals surface area contributed by atoms with E-state index in [0.29, 0.717) is 28.9 Å². The van der Waals surface area contributed by atoms with E-state index in [0.717, 1.165) is 0 Å². The summed E-state index contributed by atoms with van der Waals surface area (Å²) in [5.74, 6) is -1.20. The van der Waals surface area contributed by atoms with Gasteiger partial charge in [0.15, 0.2) is 9.84 Å². The first-order valence-corrected chi connectivity index (χ1v) is 8.50. The molecule has 1 aromatic rings. The van der Waals surface area contributed by atoms with Crippen LogP contribution in [0.1, 0.15) is 6.42 Å². The number of benzene rings is 1. The molecule has 0 spiro atoms. The van der Waals surface area contributed by atoms with Crippen LogP contribution in [0.25, 0.3) is 0 Å². The number of nitrogens with one attached hydrogen (secondary N) is 1. The van der Waals surface area contributed by atoms with Crippen molar-refractivity contribution in [2.75, 3.05) is 36.3 Å². The number of hydrogen-bond donors (Lipinski definition) is 2. The molecule has 1 aromatic carbocycles. The Morgan fingerprint density at radius 1 is 1.45 bits per heavy atom. The number of carbonyl (C=O) groups is 1. The number of nitrogen functional groups attached to an aromatic ring is 1. The largest absolute Gasteiger partial charge is 0.399 e.